The molecule has 0 saturated carbocycles. The second-order valence-electron chi connectivity index (χ2n) is 5.90. The first-order chi connectivity index (χ1) is 10.6. The van der Waals surface area contributed by atoms with E-state index in [9.17, 15) is 0 Å². The van der Waals surface area contributed by atoms with Gasteiger partial charge in [0.15, 0.2) is 0 Å². The summed E-state index contributed by atoms with van der Waals surface area (Å²) in [5, 5.41) is 0. The van der Waals surface area contributed by atoms with Gasteiger partial charge in [0.25, 0.3) is 0 Å². The number of hydrogen-bond donors (Lipinski definition) is 0. The van der Waals surface area contributed by atoms with Crippen LogP contribution in [-0.4, -0.2) is 13.7 Å². The minimum Gasteiger partial charge on any atom is -0.497 e. The van der Waals surface area contributed by atoms with Gasteiger partial charge in [0.1, 0.15) is 5.75 Å². The average Bonchev–Trinajstić information content (AvgIpc) is 2.53. The normalized spacial score (nSPS) is 10.5. The van der Waals surface area contributed by atoms with E-state index in [0.29, 0.717) is 0 Å². The minimum atomic E-state index is 0.908. The molecule has 0 unspecified atom stereocenters. The van der Waals surface area contributed by atoms with Crippen LogP contribution in [0.4, 0.5) is 5.69 Å². The predicted molar refractivity (Wildman–Crippen MR) is 94.9 cm³/mol. The van der Waals surface area contributed by atoms with Crippen molar-refractivity contribution in [1.82, 2.24) is 0 Å². The largest absolute Gasteiger partial charge is 0.497 e. The Hall–Kier alpha value is -1.96. The highest BCUT2D eigenvalue weighted by molar-refractivity contribution is 5.50. The van der Waals surface area contributed by atoms with Crippen LogP contribution < -0.4 is 9.64 Å². The quantitative estimate of drug-likeness (QED) is 0.703. The second-order valence-corrected chi connectivity index (χ2v) is 5.90. The zero-order chi connectivity index (χ0) is 15.9. The minimum absolute atomic E-state index is 0.908. The molecule has 22 heavy (non-hydrogen) atoms. The number of ether oxygens (including phenoxy) is 1. The number of benzene rings is 2. The van der Waals surface area contributed by atoms with Crippen molar-refractivity contribution in [2.45, 2.75) is 40.2 Å². The van der Waals surface area contributed by atoms with Crippen LogP contribution in [0, 0.1) is 13.8 Å². The molecule has 2 aromatic rings. The molecule has 0 fully saturated rings. The summed E-state index contributed by atoms with van der Waals surface area (Å²) >= 11 is 0. The summed E-state index contributed by atoms with van der Waals surface area (Å²) in [6.07, 6.45) is 2.41. The van der Waals surface area contributed by atoms with Crippen molar-refractivity contribution in [3.8, 4) is 5.75 Å². The number of rotatable bonds is 7. The van der Waals surface area contributed by atoms with Crippen molar-refractivity contribution in [1.29, 1.82) is 0 Å². The Morgan fingerprint density at radius 3 is 2.32 bits per heavy atom. The first-order valence-corrected chi connectivity index (χ1v) is 8.09. The molecule has 0 radical (unpaired) electrons. The summed E-state index contributed by atoms with van der Waals surface area (Å²) in [7, 11) is 1.71. The van der Waals surface area contributed by atoms with E-state index >= 15 is 0 Å². The van der Waals surface area contributed by atoms with Crippen LogP contribution in [-0.2, 0) is 6.54 Å². The van der Waals surface area contributed by atoms with Crippen LogP contribution in [0.2, 0.25) is 0 Å². The number of nitrogens with zero attached hydrogens (tertiary/aromatic N) is 1. The summed E-state index contributed by atoms with van der Waals surface area (Å²) in [6, 6.07) is 15.1. The van der Waals surface area contributed by atoms with Crippen LogP contribution in [0.1, 0.15) is 36.5 Å². The lowest BCUT2D eigenvalue weighted by molar-refractivity contribution is 0.415. The molecule has 2 rings (SSSR count). The molecule has 0 saturated heterocycles. The zero-order valence-corrected chi connectivity index (χ0v) is 14.2. The Bertz CT molecular complexity index is 589. The van der Waals surface area contributed by atoms with Crippen LogP contribution in [0.5, 0.6) is 5.75 Å². The monoisotopic (exact) mass is 297 g/mol. The maximum Gasteiger partial charge on any atom is 0.119 e. The predicted octanol–water partition coefficient (Wildman–Crippen LogP) is 5.12. The molecule has 0 N–H and O–H groups in total. The molecule has 118 valence electrons. The average molecular weight is 297 g/mol. The van der Waals surface area contributed by atoms with Crippen molar-refractivity contribution in [2.75, 3.05) is 18.6 Å². The molecule has 0 amide bonds. The Morgan fingerprint density at radius 1 is 1.00 bits per heavy atom. The second kappa shape index (κ2) is 7.88. The number of anilines is 1. The summed E-state index contributed by atoms with van der Waals surface area (Å²) in [6.45, 7) is 8.63. The molecule has 2 heteroatoms. The Kier molecular flexibility index (Phi) is 5.88. The maximum atomic E-state index is 5.26. The van der Waals surface area contributed by atoms with Crippen molar-refractivity contribution in [3.63, 3.8) is 0 Å². The first-order valence-electron chi connectivity index (χ1n) is 8.09. The lowest BCUT2D eigenvalue weighted by Gasteiger charge is -2.26. The van der Waals surface area contributed by atoms with Crippen LogP contribution in [0.25, 0.3) is 0 Å². The van der Waals surface area contributed by atoms with E-state index in [2.05, 4.69) is 56.0 Å². The van der Waals surface area contributed by atoms with Crippen LogP contribution in [0.3, 0.4) is 0 Å². The van der Waals surface area contributed by atoms with Gasteiger partial charge < -0.3 is 9.64 Å². The van der Waals surface area contributed by atoms with E-state index in [4.69, 9.17) is 4.74 Å². The fourth-order valence-electron chi connectivity index (χ4n) is 2.67. The van der Waals surface area contributed by atoms with E-state index < -0.39 is 0 Å². The number of aryl methyl sites for hydroxylation is 2. The highest BCUT2D eigenvalue weighted by Crippen LogP contribution is 2.23. The highest BCUT2D eigenvalue weighted by atomic mass is 16.5. The summed E-state index contributed by atoms with van der Waals surface area (Å²) in [5.41, 5.74) is 5.35. The highest BCUT2D eigenvalue weighted by Gasteiger charge is 2.09. The van der Waals surface area contributed by atoms with E-state index in [0.717, 1.165) is 18.8 Å². The van der Waals surface area contributed by atoms with Gasteiger partial charge in [0.2, 0.25) is 0 Å². The molecule has 0 spiro atoms. The van der Waals surface area contributed by atoms with Gasteiger partial charge in [-0.3, -0.25) is 0 Å². The fourth-order valence-corrected chi connectivity index (χ4v) is 2.67. The molecule has 0 aliphatic rings. The lowest BCUT2D eigenvalue weighted by atomic mass is 10.0. The van der Waals surface area contributed by atoms with Gasteiger partial charge in [-0.15, -0.1) is 0 Å². The standard InChI is InChI=1S/C20H27NO/c1-5-6-13-21(19-9-11-20(22-4)12-10-19)15-18-8-7-16(2)14-17(18)3/h7-12,14H,5-6,13,15H2,1-4H3. The van der Waals surface area contributed by atoms with E-state index in [-0.39, 0.29) is 0 Å². The number of hydrogen-bond acceptors (Lipinski definition) is 2. The molecule has 2 aromatic carbocycles. The maximum absolute atomic E-state index is 5.26. The van der Waals surface area contributed by atoms with Gasteiger partial charge in [0, 0.05) is 18.8 Å². The molecular formula is C20H27NO. The molecule has 0 aliphatic carbocycles. The summed E-state index contributed by atoms with van der Waals surface area (Å²) in [5.74, 6) is 0.908. The van der Waals surface area contributed by atoms with Gasteiger partial charge in [-0.2, -0.15) is 0 Å². The van der Waals surface area contributed by atoms with E-state index in [1.165, 1.54) is 35.2 Å². The smallest absolute Gasteiger partial charge is 0.119 e. The third-order valence-corrected chi connectivity index (χ3v) is 4.08. The van der Waals surface area contributed by atoms with Gasteiger partial charge in [-0.1, -0.05) is 37.1 Å². The summed E-state index contributed by atoms with van der Waals surface area (Å²) in [4.78, 5) is 2.46. The third-order valence-electron chi connectivity index (χ3n) is 4.08. The van der Waals surface area contributed by atoms with Gasteiger partial charge >= 0.3 is 0 Å². The Labute approximate surface area is 134 Å². The number of methoxy groups -OCH3 is 1. The Morgan fingerprint density at radius 2 is 1.73 bits per heavy atom. The van der Waals surface area contributed by atoms with E-state index in [1.54, 1.807) is 7.11 Å². The van der Waals surface area contributed by atoms with Crippen LogP contribution >= 0.6 is 0 Å². The topological polar surface area (TPSA) is 12.5 Å². The fraction of sp³-hybridized carbons (Fsp3) is 0.400. The van der Waals surface area contributed by atoms with Crippen molar-refractivity contribution < 1.29 is 4.74 Å². The van der Waals surface area contributed by atoms with E-state index in [1.807, 2.05) is 12.1 Å². The molecule has 0 aliphatic heterocycles. The molecule has 0 aromatic heterocycles. The van der Waals surface area contributed by atoms with Crippen molar-refractivity contribution in [3.05, 3.63) is 59.2 Å². The lowest BCUT2D eigenvalue weighted by Crippen LogP contribution is -2.24. The molecule has 0 heterocycles. The molecule has 0 atom stereocenters. The van der Waals surface area contributed by atoms with Crippen LogP contribution in [0.15, 0.2) is 42.5 Å². The number of unbranched alkanes of at least 4 members (excludes halogenated alkanes) is 1. The zero-order valence-electron chi connectivity index (χ0n) is 14.2. The Balaban J connectivity index is 2.20. The van der Waals surface area contributed by atoms with Crippen molar-refractivity contribution >= 4 is 5.69 Å². The third kappa shape index (κ3) is 4.27. The molecule has 2 nitrogen and oxygen atoms in total. The summed E-state index contributed by atoms with van der Waals surface area (Å²) < 4.78 is 5.26. The SMILES string of the molecule is CCCCN(Cc1ccc(C)cc1C)c1ccc(OC)cc1. The molecule has 0 bridgehead atoms. The van der Waals surface area contributed by atoms with Gasteiger partial charge in [0.05, 0.1) is 7.11 Å². The first kappa shape index (κ1) is 16.4. The van der Waals surface area contributed by atoms with Gasteiger partial charge in [-0.25, -0.2) is 0 Å². The molecular weight excluding hydrogens is 270 g/mol. The van der Waals surface area contributed by atoms with Gasteiger partial charge in [-0.05, 0) is 55.7 Å². The van der Waals surface area contributed by atoms with Crippen molar-refractivity contribution in [2.24, 2.45) is 0 Å².